The molecule has 0 N–H and O–H groups in total. The van der Waals surface area contributed by atoms with Crippen molar-refractivity contribution in [1.29, 1.82) is 0 Å². The van der Waals surface area contributed by atoms with Crippen molar-refractivity contribution in [3.8, 4) is 11.5 Å². The predicted molar refractivity (Wildman–Crippen MR) is 113 cm³/mol. The summed E-state index contributed by atoms with van der Waals surface area (Å²) in [6.07, 6.45) is 0.994. The molecule has 2 bridgehead atoms. The molecular formula is C20H26N2O6S2. The Balaban J connectivity index is 1.77. The minimum absolute atomic E-state index is 0.0877. The van der Waals surface area contributed by atoms with E-state index in [1.807, 2.05) is 44.0 Å². The summed E-state index contributed by atoms with van der Waals surface area (Å²) in [7, 11) is 2.98. The molecule has 3 saturated heterocycles. The number of amides is 1. The molecular weight excluding hydrogens is 428 g/mol. The number of benzene rings is 1. The summed E-state index contributed by atoms with van der Waals surface area (Å²) < 4.78 is 29.2. The lowest BCUT2D eigenvalue weighted by Crippen LogP contribution is -2.78. The lowest BCUT2D eigenvalue weighted by molar-refractivity contribution is -0.156. The minimum atomic E-state index is -1.39. The molecule has 3 unspecified atom stereocenters. The molecule has 0 aromatic heterocycles. The Bertz CT molecular complexity index is 870. The lowest BCUT2D eigenvalue weighted by Gasteiger charge is -2.60. The topological polar surface area (TPSA) is 91.4 Å². The van der Waals surface area contributed by atoms with Gasteiger partial charge < -0.3 is 18.8 Å². The van der Waals surface area contributed by atoms with Gasteiger partial charge >= 0.3 is 5.97 Å². The quantitative estimate of drug-likeness (QED) is 0.368. The number of fused-ring (bicyclic) bond motifs is 4. The first-order valence-corrected chi connectivity index (χ1v) is 12.4. The van der Waals surface area contributed by atoms with Crippen molar-refractivity contribution < 1.29 is 28.4 Å². The highest BCUT2D eigenvalue weighted by molar-refractivity contribution is 8.73. The second kappa shape index (κ2) is 7.81. The Hall–Kier alpha value is -1.62. The molecule has 3 fully saturated rings. The molecule has 0 saturated carbocycles. The molecule has 8 nitrogen and oxygen atoms in total. The van der Waals surface area contributed by atoms with Gasteiger partial charge in [-0.25, -0.2) is 0 Å². The van der Waals surface area contributed by atoms with Crippen LogP contribution in [0.25, 0.3) is 0 Å². The molecule has 5 rings (SSSR count). The summed E-state index contributed by atoms with van der Waals surface area (Å²) in [4.78, 5) is 27.5. The monoisotopic (exact) mass is 454 g/mol. The van der Waals surface area contributed by atoms with Gasteiger partial charge in [-0.15, -0.1) is 0 Å². The van der Waals surface area contributed by atoms with E-state index in [1.165, 1.54) is 17.9 Å². The van der Waals surface area contributed by atoms with Gasteiger partial charge in [-0.05, 0) is 38.1 Å². The van der Waals surface area contributed by atoms with Gasteiger partial charge in [0, 0.05) is 6.42 Å². The first kappa shape index (κ1) is 21.6. The van der Waals surface area contributed by atoms with E-state index in [2.05, 4.69) is 0 Å². The average Bonchev–Trinajstić information content (AvgIpc) is 3.20. The fourth-order valence-electron chi connectivity index (χ4n) is 4.42. The minimum Gasteiger partial charge on any atom is -0.603 e. The van der Waals surface area contributed by atoms with Crippen molar-refractivity contribution in [2.24, 2.45) is 0 Å². The molecule has 0 spiro atoms. The fraction of sp³-hybridized carbons (Fsp3) is 0.600. The third-order valence-corrected chi connectivity index (χ3v) is 10.7. The van der Waals surface area contributed by atoms with Gasteiger partial charge in [0.25, 0.3) is 5.91 Å². The largest absolute Gasteiger partial charge is 0.603 e. The second-order valence-corrected chi connectivity index (χ2v) is 11.5. The van der Waals surface area contributed by atoms with Crippen molar-refractivity contribution in [1.82, 2.24) is 9.80 Å². The Kier molecular flexibility index (Phi) is 5.63. The molecule has 1 amide bonds. The number of methoxy groups -OCH3 is 1. The van der Waals surface area contributed by atoms with Crippen LogP contribution in [-0.2, 0) is 24.5 Å². The third-order valence-electron chi connectivity index (χ3n) is 6.24. The zero-order valence-corrected chi connectivity index (χ0v) is 19.1. The van der Waals surface area contributed by atoms with Crippen LogP contribution in [0.2, 0.25) is 0 Å². The zero-order valence-electron chi connectivity index (χ0n) is 17.5. The predicted octanol–water partition coefficient (Wildman–Crippen LogP) is 2.42. The van der Waals surface area contributed by atoms with E-state index < -0.39 is 19.9 Å². The van der Waals surface area contributed by atoms with Crippen LogP contribution in [0.3, 0.4) is 0 Å². The highest BCUT2D eigenvalue weighted by Gasteiger charge is 2.70. The van der Waals surface area contributed by atoms with Gasteiger partial charge in [-0.1, -0.05) is 13.0 Å². The number of hydrogen-bond donors (Lipinski definition) is 0. The van der Waals surface area contributed by atoms with Gasteiger partial charge in [0.2, 0.25) is 11.7 Å². The van der Waals surface area contributed by atoms with Crippen LogP contribution in [0.5, 0.6) is 11.5 Å². The van der Waals surface area contributed by atoms with E-state index in [9.17, 15) is 14.1 Å². The van der Waals surface area contributed by atoms with E-state index in [4.69, 9.17) is 14.2 Å². The Labute approximate surface area is 182 Å². The average molecular weight is 455 g/mol. The Morgan fingerprint density at radius 1 is 1.40 bits per heavy atom. The zero-order chi connectivity index (χ0) is 21.7. The van der Waals surface area contributed by atoms with Gasteiger partial charge in [-0.3, -0.25) is 19.4 Å². The first-order valence-electron chi connectivity index (χ1n) is 9.89. The first-order chi connectivity index (χ1) is 14.3. The Morgan fingerprint density at radius 3 is 2.83 bits per heavy atom. The maximum absolute atomic E-state index is 13.7. The number of hydrogen-bond acceptors (Lipinski definition) is 8. The summed E-state index contributed by atoms with van der Waals surface area (Å²) in [5, 5.41) is 0. The molecule has 164 valence electrons. The van der Waals surface area contributed by atoms with Crippen LogP contribution in [0.1, 0.15) is 44.7 Å². The van der Waals surface area contributed by atoms with Crippen molar-refractivity contribution in [3.63, 3.8) is 0 Å². The maximum Gasteiger partial charge on any atom is 0.305 e. The summed E-state index contributed by atoms with van der Waals surface area (Å²) in [5.41, 5.74) is 0.897. The van der Waals surface area contributed by atoms with Crippen LogP contribution in [0, 0.1) is 0 Å². The van der Waals surface area contributed by atoms with Crippen LogP contribution < -0.4 is 9.47 Å². The van der Waals surface area contributed by atoms with Crippen molar-refractivity contribution in [2.75, 3.05) is 27.5 Å². The SMILES string of the molecule is CC[C@H](c1ccc2c(c1)OCO2)N1C(=O)C2(C)S[S+]([O-])C1(CCC(=O)OC)CN2C. The van der Waals surface area contributed by atoms with E-state index in [1.54, 1.807) is 4.90 Å². The summed E-state index contributed by atoms with van der Waals surface area (Å²) >= 11 is 0. The van der Waals surface area contributed by atoms with Crippen molar-refractivity contribution in [3.05, 3.63) is 23.8 Å². The van der Waals surface area contributed by atoms with Crippen LogP contribution in [0.15, 0.2) is 18.2 Å². The molecule has 0 radical (unpaired) electrons. The summed E-state index contributed by atoms with van der Waals surface area (Å²) in [6, 6.07) is 5.35. The van der Waals surface area contributed by atoms with Crippen molar-refractivity contribution >= 4 is 32.9 Å². The second-order valence-electron chi connectivity index (χ2n) is 7.89. The van der Waals surface area contributed by atoms with Crippen LogP contribution >= 0.6 is 10.8 Å². The normalized spacial score (nSPS) is 31.2. The molecule has 4 aliphatic rings. The molecule has 1 aromatic carbocycles. The molecule has 4 heterocycles. The van der Waals surface area contributed by atoms with E-state index >= 15 is 0 Å². The number of ether oxygens (including phenoxy) is 3. The highest BCUT2D eigenvalue weighted by Crippen LogP contribution is 2.57. The van der Waals surface area contributed by atoms with E-state index in [0.29, 0.717) is 24.5 Å². The Morgan fingerprint density at radius 2 is 2.13 bits per heavy atom. The molecule has 4 aliphatic heterocycles. The molecule has 30 heavy (non-hydrogen) atoms. The number of likely N-dealkylation sites (N-methyl/N-ethyl adjacent to an activating group) is 1. The van der Waals surface area contributed by atoms with E-state index in [0.717, 1.165) is 5.56 Å². The highest BCUT2D eigenvalue weighted by atomic mass is 33.1. The lowest BCUT2D eigenvalue weighted by atomic mass is 9.93. The number of carbonyl (C=O) groups is 2. The number of piperazine rings is 1. The fourth-order valence-corrected chi connectivity index (χ4v) is 8.77. The summed E-state index contributed by atoms with van der Waals surface area (Å²) in [5.74, 6) is 0.848. The molecule has 10 heteroatoms. The standard InChI is InChI=1S/C20H26N2O6S2/c1-5-14(13-6-7-15-16(10-13)28-12-27-15)22-18(24)19(2)21(3)11-20(22,30(25)29-19)9-8-17(23)26-4/h6-7,10,14H,5,8-9,11-12H2,1-4H3/t14-,19?,20?,30?/m1/s1. The van der Waals surface area contributed by atoms with Gasteiger partial charge in [0.05, 0.1) is 36.3 Å². The van der Waals surface area contributed by atoms with Crippen LogP contribution in [0.4, 0.5) is 0 Å². The molecule has 4 atom stereocenters. The van der Waals surface area contributed by atoms with E-state index in [-0.39, 0.29) is 37.6 Å². The van der Waals surface area contributed by atoms with Gasteiger partial charge in [-0.2, -0.15) is 0 Å². The van der Waals surface area contributed by atoms with Crippen molar-refractivity contribution in [2.45, 2.75) is 48.9 Å². The number of rotatable bonds is 6. The smallest absolute Gasteiger partial charge is 0.305 e. The third kappa shape index (κ3) is 3.16. The number of nitrogens with zero attached hydrogens (tertiary/aromatic N) is 2. The number of carbonyl (C=O) groups excluding carboxylic acids is 2. The summed E-state index contributed by atoms with van der Waals surface area (Å²) in [6.45, 7) is 4.42. The molecule has 0 aliphatic carbocycles. The van der Waals surface area contributed by atoms with Gasteiger partial charge in [0.1, 0.15) is 10.8 Å². The van der Waals surface area contributed by atoms with Gasteiger partial charge in [0.15, 0.2) is 16.4 Å². The maximum atomic E-state index is 13.7. The number of esters is 1. The van der Waals surface area contributed by atoms with Crippen LogP contribution in [-0.4, -0.2) is 63.5 Å². The molecule has 1 aromatic rings.